The number of alkyl halides is 3. The molecule has 0 atom stereocenters. The van der Waals surface area contributed by atoms with Crippen LogP contribution in [0.1, 0.15) is 13.8 Å². The zero-order valence-corrected chi connectivity index (χ0v) is 24.9. The van der Waals surface area contributed by atoms with Gasteiger partial charge in [0.15, 0.2) is 29.5 Å². The number of halogens is 3. The van der Waals surface area contributed by atoms with Crippen molar-refractivity contribution in [1.29, 1.82) is 0 Å². The molecule has 0 unspecified atom stereocenters. The summed E-state index contributed by atoms with van der Waals surface area (Å²) in [6.45, 7) is 2.55. The third-order valence-corrected chi connectivity index (χ3v) is 12.9. The Morgan fingerprint density at radius 1 is 0.690 bits per heavy atom. The van der Waals surface area contributed by atoms with Crippen molar-refractivity contribution < 1.29 is 56.2 Å². The molecule has 1 amide bonds. The Labute approximate surface area is 238 Å². The van der Waals surface area contributed by atoms with Crippen LogP contribution in [-0.4, -0.2) is 73.3 Å². The number of amides is 1. The van der Waals surface area contributed by atoms with Gasteiger partial charge in [0.2, 0.25) is 0 Å². The summed E-state index contributed by atoms with van der Waals surface area (Å²) in [6, 6.07) is 6.42. The van der Waals surface area contributed by atoms with Gasteiger partial charge in [0, 0.05) is 32.3 Å². The van der Waals surface area contributed by atoms with Crippen molar-refractivity contribution in [3.05, 3.63) is 36.4 Å². The van der Waals surface area contributed by atoms with Crippen molar-refractivity contribution in [3.63, 3.8) is 0 Å². The molecule has 0 aliphatic carbocycles. The highest BCUT2D eigenvalue weighted by Crippen LogP contribution is 2.45. The lowest BCUT2D eigenvalue weighted by Crippen LogP contribution is -2.30. The summed E-state index contributed by atoms with van der Waals surface area (Å²) in [7, 11) is -17.8. The maximum absolute atomic E-state index is 13.3. The van der Waals surface area contributed by atoms with E-state index in [1.807, 2.05) is 0 Å². The van der Waals surface area contributed by atoms with Crippen molar-refractivity contribution in [2.75, 3.05) is 28.3 Å². The molecule has 0 heterocycles. The molecule has 228 valence electrons. The minimum atomic E-state index is -5.36. The molecule has 0 bridgehead atoms. The highest BCUT2D eigenvalue weighted by Gasteiger charge is 2.39. The minimum Gasteiger partial charge on any atom is -0.318 e. The smallest absolute Gasteiger partial charge is 0.318 e. The zero-order valence-electron chi connectivity index (χ0n) is 21.7. The van der Waals surface area contributed by atoms with Crippen molar-refractivity contribution >= 4 is 83.5 Å². The molecule has 4 aromatic carbocycles. The van der Waals surface area contributed by atoms with Gasteiger partial charge < -0.3 is 5.32 Å². The maximum atomic E-state index is 13.3. The first-order valence-electron chi connectivity index (χ1n) is 11.9. The van der Waals surface area contributed by atoms with E-state index in [9.17, 15) is 51.6 Å². The van der Waals surface area contributed by atoms with Gasteiger partial charge in [-0.1, -0.05) is 38.1 Å². The lowest BCUT2D eigenvalue weighted by Gasteiger charge is -2.21. The Morgan fingerprint density at radius 2 is 1.10 bits per heavy atom. The van der Waals surface area contributed by atoms with Crippen LogP contribution in [-0.2, 0) is 44.4 Å². The van der Waals surface area contributed by atoms with Crippen molar-refractivity contribution in [2.24, 2.45) is 0 Å². The van der Waals surface area contributed by atoms with Gasteiger partial charge >= 0.3 is 12.1 Å². The van der Waals surface area contributed by atoms with Crippen LogP contribution in [0.15, 0.2) is 51.1 Å². The lowest BCUT2D eigenvalue weighted by atomic mass is 9.93. The molecular formula is C24H22F3NO10S4. The Balaban J connectivity index is 2.28. The highest BCUT2D eigenvalue weighted by atomic mass is 32.2. The Kier molecular flexibility index (Phi) is 7.81. The number of nitrogens with one attached hydrogen (secondary N) is 1. The standard InChI is InChI=1S/C24H22F3NO10S4/c1-3-39(30,31)18-11-17(28-23(29)24(25,26)27)13-5-6-16-20(41(34,35)9-10-42(36,37)38)12-19(40(32,33)4-2)15-8-7-14(18)21(13)22(15)16/h5-8,11-12H,3-4,9-10H2,1-2H3,(H,28,29)(H,36,37,38). The lowest BCUT2D eigenvalue weighted by molar-refractivity contribution is -0.167. The van der Waals surface area contributed by atoms with E-state index in [-0.39, 0.29) is 32.3 Å². The van der Waals surface area contributed by atoms with Gasteiger partial charge in [-0.05, 0) is 12.1 Å². The molecule has 0 saturated heterocycles. The molecule has 0 saturated carbocycles. The van der Waals surface area contributed by atoms with E-state index in [1.54, 1.807) is 5.32 Å². The topological polar surface area (TPSA) is 186 Å². The number of benzene rings is 4. The average molecular weight is 670 g/mol. The van der Waals surface area contributed by atoms with Gasteiger partial charge in [-0.25, -0.2) is 25.3 Å². The third kappa shape index (κ3) is 5.64. The number of rotatable bonds is 9. The number of carbonyl (C=O) groups excluding carboxylic acids is 1. The monoisotopic (exact) mass is 669 g/mol. The molecule has 0 spiro atoms. The molecule has 42 heavy (non-hydrogen) atoms. The van der Waals surface area contributed by atoms with Gasteiger partial charge in [0.1, 0.15) is 0 Å². The molecule has 2 N–H and O–H groups in total. The summed E-state index contributed by atoms with van der Waals surface area (Å²) in [5.74, 6) is -5.80. The van der Waals surface area contributed by atoms with Crippen LogP contribution in [0.5, 0.6) is 0 Å². The third-order valence-electron chi connectivity index (χ3n) is 6.67. The summed E-state index contributed by atoms with van der Waals surface area (Å²) < 4.78 is 150. The van der Waals surface area contributed by atoms with E-state index >= 15 is 0 Å². The number of sulfone groups is 3. The molecule has 0 aliphatic rings. The molecule has 0 aliphatic heterocycles. The predicted octanol–water partition coefficient (Wildman–Crippen LogP) is 3.33. The van der Waals surface area contributed by atoms with E-state index in [0.29, 0.717) is 0 Å². The van der Waals surface area contributed by atoms with Gasteiger partial charge in [0.25, 0.3) is 10.1 Å². The number of hydrogen-bond donors (Lipinski definition) is 2. The van der Waals surface area contributed by atoms with Gasteiger partial charge in [-0.3, -0.25) is 9.35 Å². The fourth-order valence-electron chi connectivity index (χ4n) is 4.60. The van der Waals surface area contributed by atoms with E-state index in [1.165, 1.54) is 26.0 Å². The summed E-state index contributed by atoms with van der Waals surface area (Å²) in [6.07, 6.45) is -5.36. The maximum Gasteiger partial charge on any atom is 0.471 e. The van der Waals surface area contributed by atoms with Crippen LogP contribution in [0.25, 0.3) is 32.3 Å². The highest BCUT2D eigenvalue weighted by molar-refractivity contribution is 7.94. The van der Waals surface area contributed by atoms with Crippen molar-refractivity contribution in [3.8, 4) is 0 Å². The zero-order chi connectivity index (χ0) is 31.6. The van der Waals surface area contributed by atoms with Gasteiger partial charge in [-0.2, -0.15) is 21.6 Å². The minimum absolute atomic E-state index is 0.0812. The van der Waals surface area contributed by atoms with E-state index < -0.39 is 95.1 Å². The SMILES string of the molecule is CCS(=O)(=O)c1cc(NC(=O)C(F)(F)F)c2ccc3c(S(=O)(=O)CCS(=O)(=O)O)cc(S(=O)(=O)CC)c4ccc1c2c43. The first-order valence-corrected chi connectivity index (χ1v) is 18.5. The molecule has 11 nitrogen and oxygen atoms in total. The quantitative estimate of drug-likeness (QED) is 0.198. The predicted molar refractivity (Wildman–Crippen MR) is 149 cm³/mol. The van der Waals surface area contributed by atoms with E-state index in [2.05, 4.69) is 0 Å². The van der Waals surface area contributed by atoms with Gasteiger partial charge in [-0.15, -0.1) is 0 Å². The Hall–Kier alpha value is -3.06. The molecule has 4 rings (SSSR count). The van der Waals surface area contributed by atoms with Crippen LogP contribution in [0.2, 0.25) is 0 Å². The first-order chi connectivity index (χ1) is 19.1. The number of hydrogen-bond acceptors (Lipinski definition) is 9. The second kappa shape index (κ2) is 10.3. The van der Waals surface area contributed by atoms with Gasteiger partial charge in [0.05, 0.1) is 43.4 Å². The number of carbonyl (C=O) groups is 1. The van der Waals surface area contributed by atoms with Crippen LogP contribution >= 0.6 is 0 Å². The molecule has 4 aromatic rings. The fourth-order valence-corrected chi connectivity index (χ4v) is 9.65. The van der Waals surface area contributed by atoms with Crippen molar-refractivity contribution in [2.45, 2.75) is 34.7 Å². The van der Waals surface area contributed by atoms with Crippen LogP contribution in [0.3, 0.4) is 0 Å². The number of anilines is 1. The average Bonchev–Trinajstić information content (AvgIpc) is 2.89. The largest absolute Gasteiger partial charge is 0.471 e. The van der Waals surface area contributed by atoms with E-state index in [0.717, 1.165) is 24.3 Å². The van der Waals surface area contributed by atoms with Crippen LogP contribution in [0.4, 0.5) is 18.9 Å². The summed E-state index contributed by atoms with van der Waals surface area (Å²) >= 11 is 0. The normalized spacial score (nSPS) is 13.8. The molecule has 0 radical (unpaired) electrons. The molecular weight excluding hydrogens is 648 g/mol. The summed E-state index contributed by atoms with van der Waals surface area (Å²) in [5, 5.41) is 0.853. The van der Waals surface area contributed by atoms with Crippen molar-refractivity contribution in [1.82, 2.24) is 0 Å². The summed E-state index contributed by atoms with van der Waals surface area (Å²) in [5.41, 5.74) is -0.578. The second-order valence-electron chi connectivity index (χ2n) is 9.23. The van der Waals surface area contributed by atoms with E-state index in [4.69, 9.17) is 4.55 Å². The van der Waals surface area contributed by atoms with Crippen LogP contribution in [0, 0.1) is 0 Å². The second-order valence-corrected chi connectivity index (χ2v) is 17.4. The molecule has 0 aromatic heterocycles. The Bertz CT molecular complexity index is 2210. The Morgan fingerprint density at radius 3 is 1.52 bits per heavy atom. The summed E-state index contributed by atoms with van der Waals surface area (Å²) in [4.78, 5) is 10.2. The molecule has 0 fully saturated rings. The van der Waals surface area contributed by atoms with Crippen LogP contribution < -0.4 is 5.32 Å². The fraction of sp³-hybridized carbons (Fsp3) is 0.292. The molecule has 18 heteroatoms. The first kappa shape index (κ1) is 31.9.